The molecule has 2 aromatic rings. The van der Waals surface area contributed by atoms with Crippen LogP contribution in [0, 0.1) is 0 Å². The van der Waals surface area contributed by atoms with E-state index in [9.17, 15) is 4.79 Å². The Balaban J connectivity index is 1.76. The second kappa shape index (κ2) is 11.5. The standard InChI is InChI=1S/C21H27N3O4/c1-3-26-18-11-10-16(14-19(18)27-4-2)12-13-23-20(25)15-28-24-21(22)17-8-6-5-7-9-17/h5-11,14H,3-4,12-13,15H2,1-2H3,(H2,22,24)(H,23,25). The largest absolute Gasteiger partial charge is 0.490 e. The van der Waals surface area contributed by atoms with Gasteiger partial charge in [-0.2, -0.15) is 0 Å². The number of amides is 1. The number of nitrogens with zero attached hydrogens (tertiary/aromatic N) is 1. The van der Waals surface area contributed by atoms with Gasteiger partial charge in [0.15, 0.2) is 23.9 Å². The van der Waals surface area contributed by atoms with E-state index >= 15 is 0 Å². The first kappa shape index (κ1) is 21.1. The Morgan fingerprint density at radius 1 is 1.04 bits per heavy atom. The van der Waals surface area contributed by atoms with Gasteiger partial charge >= 0.3 is 0 Å². The van der Waals surface area contributed by atoms with Crippen LogP contribution in [0.5, 0.6) is 11.5 Å². The van der Waals surface area contributed by atoms with Crippen molar-refractivity contribution in [1.82, 2.24) is 5.32 Å². The number of nitrogens with two attached hydrogens (primary N) is 1. The van der Waals surface area contributed by atoms with Gasteiger partial charge in [0.2, 0.25) is 0 Å². The molecule has 0 saturated carbocycles. The molecule has 2 rings (SSSR count). The maximum Gasteiger partial charge on any atom is 0.260 e. The van der Waals surface area contributed by atoms with Crippen molar-refractivity contribution >= 4 is 11.7 Å². The summed E-state index contributed by atoms with van der Waals surface area (Å²) >= 11 is 0. The second-order valence-electron chi connectivity index (χ2n) is 5.86. The molecule has 2 aromatic carbocycles. The predicted octanol–water partition coefficient (Wildman–Crippen LogP) is 2.48. The van der Waals surface area contributed by atoms with Crippen LogP contribution >= 0.6 is 0 Å². The highest BCUT2D eigenvalue weighted by Gasteiger charge is 2.07. The number of benzene rings is 2. The Labute approximate surface area is 165 Å². The number of carbonyl (C=O) groups is 1. The molecule has 0 aromatic heterocycles. The van der Waals surface area contributed by atoms with Crippen molar-refractivity contribution in [2.75, 3.05) is 26.4 Å². The molecule has 0 saturated heterocycles. The zero-order chi connectivity index (χ0) is 20.2. The highest BCUT2D eigenvalue weighted by Crippen LogP contribution is 2.28. The Bertz CT molecular complexity index is 778. The minimum atomic E-state index is -0.263. The molecule has 7 nitrogen and oxygen atoms in total. The molecule has 0 radical (unpaired) electrons. The summed E-state index contributed by atoms with van der Waals surface area (Å²) in [7, 11) is 0. The molecule has 0 fully saturated rings. The topological polar surface area (TPSA) is 95.2 Å². The molecule has 150 valence electrons. The Hall–Kier alpha value is -3.22. The molecule has 0 aliphatic rings. The lowest BCUT2D eigenvalue weighted by atomic mass is 10.1. The van der Waals surface area contributed by atoms with Crippen LogP contribution in [0.3, 0.4) is 0 Å². The molecule has 0 atom stereocenters. The van der Waals surface area contributed by atoms with Gasteiger partial charge in [-0.05, 0) is 38.0 Å². The van der Waals surface area contributed by atoms with Crippen molar-refractivity contribution in [3.05, 3.63) is 59.7 Å². The molecule has 0 heterocycles. The van der Waals surface area contributed by atoms with Crippen molar-refractivity contribution in [2.24, 2.45) is 10.9 Å². The Kier molecular flexibility index (Phi) is 8.65. The fraction of sp³-hybridized carbons (Fsp3) is 0.333. The molecule has 0 aliphatic carbocycles. The van der Waals surface area contributed by atoms with Gasteiger partial charge in [-0.15, -0.1) is 0 Å². The van der Waals surface area contributed by atoms with Crippen molar-refractivity contribution in [3.8, 4) is 11.5 Å². The number of ether oxygens (including phenoxy) is 2. The third-order valence-corrected chi connectivity index (χ3v) is 3.77. The summed E-state index contributed by atoms with van der Waals surface area (Å²) in [4.78, 5) is 16.9. The lowest BCUT2D eigenvalue weighted by Crippen LogP contribution is -2.29. The summed E-state index contributed by atoms with van der Waals surface area (Å²) in [5.74, 6) is 1.40. The predicted molar refractivity (Wildman–Crippen MR) is 109 cm³/mol. The molecule has 0 spiro atoms. The molecule has 3 N–H and O–H groups in total. The van der Waals surface area contributed by atoms with Gasteiger partial charge < -0.3 is 25.4 Å². The average Bonchev–Trinajstić information content (AvgIpc) is 2.71. The van der Waals surface area contributed by atoms with Crippen LogP contribution in [0.4, 0.5) is 0 Å². The minimum absolute atomic E-state index is 0.193. The molecular formula is C21H27N3O4. The molecule has 1 amide bonds. The summed E-state index contributed by atoms with van der Waals surface area (Å²) in [5, 5.41) is 6.55. The van der Waals surface area contributed by atoms with Gasteiger partial charge in [-0.1, -0.05) is 41.6 Å². The molecule has 28 heavy (non-hydrogen) atoms. The fourth-order valence-corrected chi connectivity index (χ4v) is 2.47. The first-order valence-corrected chi connectivity index (χ1v) is 9.30. The number of hydrogen-bond donors (Lipinski definition) is 2. The number of nitrogens with one attached hydrogen (secondary N) is 1. The van der Waals surface area contributed by atoms with Crippen molar-refractivity contribution in [3.63, 3.8) is 0 Å². The minimum Gasteiger partial charge on any atom is -0.490 e. The Morgan fingerprint density at radius 3 is 2.46 bits per heavy atom. The van der Waals surface area contributed by atoms with Gasteiger partial charge in [0, 0.05) is 12.1 Å². The van der Waals surface area contributed by atoms with E-state index in [0.717, 1.165) is 16.9 Å². The average molecular weight is 385 g/mol. The highest BCUT2D eigenvalue weighted by atomic mass is 16.6. The SMILES string of the molecule is CCOc1ccc(CCNC(=O)CO/N=C(\N)c2ccccc2)cc1OCC. The highest BCUT2D eigenvalue weighted by molar-refractivity contribution is 5.97. The van der Waals surface area contributed by atoms with E-state index < -0.39 is 0 Å². The number of carbonyl (C=O) groups excluding carboxylic acids is 1. The summed E-state index contributed by atoms with van der Waals surface area (Å²) in [6, 6.07) is 15.0. The van der Waals surface area contributed by atoms with Crippen LogP contribution < -0.4 is 20.5 Å². The van der Waals surface area contributed by atoms with Gasteiger partial charge in [0.05, 0.1) is 13.2 Å². The quantitative estimate of drug-likeness (QED) is 0.352. The van der Waals surface area contributed by atoms with E-state index in [-0.39, 0.29) is 18.3 Å². The van der Waals surface area contributed by atoms with Gasteiger partial charge in [-0.25, -0.2) is 0 Å². The molecule has 0 unspecified atom stereocenters. The van der Waals surface area contributed by atoms with Crippen LogP contribution in [0.2, 0.25) is 0 Å². The van der Waals surface area contributed by atoms with Crippen molar-refractivity contribution in [1.29, 1.82) is 0 Å². The van der Waals surface area contributed by atoms with Crippen molar-refractivity contribution < 1.29 is 19.1 Å². The number of oxime groups is 1. The zero-order valence-corrected chi connectivity index (χ0v) is 16.3. The smallest absolute Gasteiger partial charge is 0.260 e. The summed E-state index contributed by atoms with van der Waals surface area (Å²) in [6.45, 7) is 5.27. The van der Waals surface area contributed by atoms with Gasteiger partial charge in [0.1, 0.15) is 0 Å². The molecule has 7 heteroatoms. The second-order valence-corrected chi connectivity index (χ2v) is 5.86. The monoisotopic (exact) mass is 385 g/mol. The lowest BCUT2D eigenvalue weighted by molar-refractivity contribution is -0.125. The van der Waals surface area contributed by atoms with Crippen LogP contribution in [0.1, 0.15) is 25.0 Å². The van der Waals surface area contributed by atoms with Crippen molar-refractivity contribution in [2.45, 2.75) is 20.3 Å². The molecule has 0 aliphatic heterocycles. The van der Waals surface area contributed by atoms with E-state index in [1.54, 1.807) is 0 Å². The maximum atomic E-state index is 11.9. The Morgan fingerprint density at radius 2 is 1.75 bits per heavy atom. The van der Waals surface area contributed by atoms with E-state index in [2.05, 4.69) is 10.5 Å². The zero-order valence-electron chi connectivity index (χ0n) is 16.3. The van der Waals surface area contributed by atoms with Gasteiger partial charge in [-0.3, -0.25) is 4.79 Å². The number of rotatable bonds is 11. The van der Waals surface area contributed by atoms with E-state index in [0.29, 0.717) is 31.9 Å². The van der Waals surface area contributed by atoms with E-state index in [1.807, 2.05) is 62.4 Å². The fourth-order valence-electron chi connectivity index (χ4n) is 2.47. The third kappa shape index (κ3) is 6.83. The summed E-state index contributed by atoms with van der Waals surface area (Å²) in [6.07, 6.45) is 0.660. The van der Waals surface area contributed by atoms with Gasteiger partial charge in [0.25, 0.3) is 5.91 Å². The normalized spacial score (nSPS) is 11.0. The maximum absolute atomic E-state index is 11.9. The lowest BCUT2D eigenvalue weighted by Gasteiger charge is -2.12. The number of amidine groups is 1. The van der Waals surface area contributed by atoms with E-state index in [4.69, 9.17) is 20.0 Å². The van der Waals surface area contributed by atoms with E-state index in [1.165, 1.54) is 0 Å². The first-order valence-electron chi connectivity index (χ1n) is 9.30. The van der Waals surface area contributed by atoms with Crippen LogP contribution in [-0.4, -0.2) is 38.1 Å². The summed E-state index contributed by atoms with van der Waals surface area (Å²) in [5.41, 5.74) is 7.58. The first-order chi connectivity index (χ1) is 13.6. The summed E-state index contributed by atoms with van der Waals surface area (Å²) < 4.78 is 11.2. The van der Waals surface area contributed by atoms with Crippen LogP contribution in [-0.2, 0) is 16.1 Å². The molecular weight excluding hydrogens is 358 g/mol. The number of hydrogen-bond acceptors (Lipinski definition) is 5. The van der Waals surface area contributed by atoms with Crippen LogP contribution in [0.15, 0.2) is 53.7 Å². The third-order valence-electron chi connectivity index (χ3n) is 3.77. The molecule has 0 bridgehead atoms. The van der Waals surface area contributed by atoms with Crippen LogP contribution in [0.25, 0.3) is 0 Å².